The fourth-order valence-corrected chi connectivity index (χ4v) is 2.39. The van der Waals surface area contributed by atoms with Gasteiger partial charge in [-0.3, -0.25) is 4.79 Å². The van der Waals surface area contributed by atoms with Crippen LogP contribution >= 0.6 is 11.6 Å². The largest absolute Gasteiger partial charge is 0.397 e. The average molecular weight is 283 g/mol. The zero-order valence-electron chi connectivity index (χ0n) is 12.1. The van der Waals surface area contributed by atoms with Gasteiger partial charge in [0, 0.05) is 12.1 Å². The molecular formula is C15H23ClN2O. The van der Waals surface area contributed by atoms with Crippen molar-refractivity contribution in [2.75, 3.05) is 11.1 Å². The van der Waals surface area contributed by atoms with Gasteiger partial charge in [0.2, 0.25) is 5.91 Å². The monoisotopic (exact) mass is 282 g/mol. The molecular weight excluding hydrogens is 260 g/mol. The van der Waals surface area contributed by atoms with E-state index in [-0.39, 0.29) is 11.3 Å². The first-order valence-corrected chi connectivity index (χ1v) is 6.90. The molecule has 3 nitrogen and oxygen atoms in total. The van der Waals surface area contributed by atoms with E-state index < -0.39 is 0 Å². The molecule has 0 radical (unpaired) electrons. The first-order valence-electron chi connectivity index (χ1n) is 6.52. The van der Waals surface area contributed by atoms with Crippen molar-refractivity contribution in [3.05, 3.63) is 23.2 Å². The van der Waals surface area contributed by atoms with Gasteiger partial charge in [-0.1, -0.05) is 39.3 Å². The van der Waals surface area contributed by atoms with Crippen molar-refractivity contribution in [1.29, 1.82) is 0 Å². The van der Waals surface area contributed by atoms with Gasteiger partial charge in [0.25, 0.3) is 0 Å². The number of hydrogen-bond donors (Lipinski definition) is 2. The quantitative estimate of drug-likeness (QED) is 0.808. The number of rotatable bonds is 4. The molecule has 19 heavy (non-hydrogen) atoms. The summed E-state index contributed by atoms with van der Waals surface area (Å²) in [5, 5.41) is 3.35. The molecule has 0 bridgehead atoms. The minimum absolute atomic E-state index is 0.0125. The number of carbonyl (C=O) groups excluding carboxylic acids is 1. The van der Waals surface area contributed by atoms with Crippen LogP contribution in [0.4, 0.5) is 11.4 Å². The van der Waals surface area contributed by atoms with Gasteiger partial charge in [0.15, 0.2) is 0 Å². The molecule has 0 fully saturated rings. The van der Waals surface area contributed by atoms with E-state index in [4.69, 9.17) is 17.3 Å². The Morgan fingerprint density at radius 3 is 2.58 bits per heavy atom. The Kier molecular flexibility index (Phi) is 5.24. The Hall–Kier alpha value is -1.22. The standard InChI is InChI=1S/C15H23ClN2O/c1-10(9-15(2,3)4)7-14(19)18-11-5-6-12(16)13(17)8-11/h5-6,8,10H,7,9,17H2,1-4H3,(H,18,19). The second-order valence-electron chi connectivity index (χ2n) is 6.36. The van der Waals surface area contributed by atoms with Gasteiger partial charge in [0.05, 0.1) is 10.7 Å². The summed E-state index contributed by atoms with van der Waals surface area (Å²) < 4.78 is 0. The molecule has 0 heterocycles. The zero-order valence-corrected chi connectivity index (χ0v) is 12.8. The van der Waals surface area contributed by atoms with Crippen LogP contribution in [0.25, 0.3) is 0 Å². The van der Waals surface area contributed by atoms with Gasteiger partial charge in [-0.25, -0.2) is 0 Å². The molecule has 0 aliphatic carbocycles. The van der Waals surface area contributed by atoms with Crippen LogP contribution in [0.15, 0.2) is 18.2 Å². The molecule has 1 aromatic carbocycles. The van der Waals surface area contributed by atoms with Crippen molar-refractivity contribution >= 4 is 28.9 Å². The average Bonchev–Trinajstić information content (AvgIpc) is 2.20. The van der Waals surface area contributed by atoms with Crippen molar-refractivity contribution in [2.24, 2.45) is 11.3 Å². The molecule has 4 heteroatoms. The van der Waals surface area contributed by atoms with Crippen LogP contribution in [0, 0.1) is 11.3 Å². The Morgan fingerprint density at radius 1 is 1.42 bits per heavy atom. The first-order chi connectivity index (χ1) is 8.67. The third kappa shape index (κ3) is 5.97. The first kappa shape index (κ1) is 15.8. The maximum absolute atomic E-state index is 11.9. The Bertz CT molecular complexity index is 452. The third-order valence-electron chi connectivity index (χ3n) is 2.77. The van der Waals surface area contributed by atoms with E-state index >= 15 is 0 Å². The molecule has 1 amide bonds. The predicted molar refractivity (Wildman–Crippen MR) is 82.3 cm³/mol. The zero-order chi connectivity index (χ0) is 14.6. The number of halogens is 1. The number of anilines is 2. The minimum atomic E-state index is 0.0125. The lowest BCUT2D eigenvalue weighted by atomic mass is 9.84. The molecule has 0 aliphatic heterocycles. The van der Waals surface area contributed by atoms with Crippen molar-refractivity contribution in [3.63, 3.8) is 0 Å². The van der Waals surface area contributed by atoms with Crippen LogP contribution < -0.4 is 11.1 Å². The molecule has 1 unspecified atom stereocenters. The van der Waals surface area contributed by atoms with Gasteiger partial charge in [-0.2, -0.15) is 0 Å². The molecule has 1 rings (SSSR count). The minimum Gasteiger partial charge on any atom is -0.397 e. The van der Waals surface area contributed by atoms with Crippen LogP contribution in [0.3, 0.4) is 0 Å². The maximum atomic E-state index is 11.9. The summed E-state index contributed by atoms with van der Waals surface area (Å²) in [5.41, 5.74) is 7.10. The fraction of sp³-hybridized carbons (Fsp3) is 0.533. The van der Waals surface area contributed by atoms with Crippen LogP contribution in [0.2, 0.25) is 5.02 Å². The molecule has 0 spiro atoms. The molecule has 1 atom stereocenters. The topological polar surface area (TPSA) is 55.1 Å². The smallest absolute Gasteiger partial charge is 0.224 e. The third-order valence-corrected chi connectivity index (χ3v) is 3.12. The van der Waals surface area contributed by atoms with E-state index in [9.17, 15) is 4.79 Å². The molecule has 3 N–H and O–H groups in total. The van der Waals surface area contributed by atoms with E-state index in [1.54, 1.807) is 18.2 Å². The highest BCUT2D eigenvalue weighted by molar-refractivity contribution is 6.33. The molecule has 0 saturated carbocycles. The lowest BCUT2D eigenvalue weighted by Gasteiger charge is -2.22. The van der Waals surface area contributed by atoms with Crippen molar-refractivity contribution in [1.82, 2.24) is 0 Å². The second kappa shape index (κ2) is 6.29. The summed E-state index contributed by atoms with van der Waals surface area (Å²) in [6, 6.07) is 5.12. The van der Waals surface area contributed by atoms with Gasteiger partial charge >= 0.3 is 0 Å². The maximum Gasteiger partial charge on any atom is 0.224 e. The Morgan fingerprint density at radius 2 is 2.05 bits per heavy atom. The molecule has 1 aromatic rings. The number of nitrogen functional groups attached to an aromatic ring is 1. The number of hydrogen-bond acceptors (Lipinski definition) is 2. The number of nitrogens with two attached hydrogens (primary N) is 1. The van der Waals surface area contributed by atoms with Crippen LogP contribution in [-0.2, 0) is 4.79 Å². The molecule has 0 aromatic heterocycles. The summed E-state index contributed by atoms with van der Waals surface area (Å²) in [6.07, 6.45) is 1.53. The number of amides is 1. The van der Waals surface area contributed by atoms with E-state index in [1.165, 1.54) is 0 Å². The van der Waals surface area contributed by atoms with E-state index in [1.807, 2.05) is 0 Å². The van der Waals surface area contributed by atoms with Gasteiger partial charge in [0.1, 0.15) is 0 Å². The summed E-state index contributed by atoms with van der Waals surface area (Å²) in [5.74, 6) is 0.364. The summed E-state index contributed by atoms with van der Waals surface area (Å²) in [4.78, 5) is 11.9. The number of carbonyl (C=O) groups is 1. The molecule has 0 aliphatic rings. The van der Waals surface area contributed by atoms with Crippen LogP contribution in [-0.4, -0.2) is 5.91 Å². The lowest BCUT2D eigenvalue weighted by Crippen LogP contribution is -2.18. The van der Waals surface area contributed by atoms with Crippen molar-refractivity contribution in [2.45, 2.75) is 40.5 Å². The summed E-state index contributed by atoms with van der Waals surface area (Å²) in [7, 11) is 0. The Labute approximate surface area is 120 Å². The van der Waals surface area contributed by atoms with E-state index in [2.05, 4.69) is 33.0 Å². The Balaban J connectivity index is 2.53. The van der Waals surface area contributed by atoms with Gasteiger partial charge in [-0.05, 0) is 36.0 Å². The van der Waals surface area contributed by atoms with Crippen LogP contribution in [0.5, 0.6) is 0 Å². The van der Waals surface area contributed by atoms with Gasteiger partial charge < -0.3 is 11.1 Å². The number of nitrogens with one attached hydrogen (secondary N) is 1. The van der Waals surface area contributed by atoms with E-state index in [0.717, 1.165) is 6.42 Å². The fourth-order valence-electron chi connectivity index (χ4n) is 2.27. The van der Waals surface area contributed by atoms with Crippen LogP contribution in [0.1, 0.15) is 40.5 Å². The van der Waals surface area contributed by atoms with Crippen molar-refractivity contribution in [3.8, 4) is 0 Å². The second-order valence-corrected chi connectivity index (χ2v) is 6.77. The highest BCUT2D eigenvalue weighted by atomic mass is 35.5. The lowest BCUT2D eigenvalue weighted by molar-refractivity contribution is -0.117. The van der Waals surface area contributed by atoms with Gasteiger partial charge in [-0.15, -0.1) is 0 Å². The summed E-state index contributed by atoms with van der Waals surface area (Å²) >= 11 is 5.84. The van der Waals surface area contributed by atoms with E-state index in [0.29, 0.717) is 28.7 Å². The summed E-state index contributed by atoms with van der Waals surface area (Å²) in [6.45, 7) is 8.64. The highest BCUT2D eigenvalue weighted by Gasteiger charge is 2.17. The SMILES string of the molecule is CC(CC(=O)Nc1ccc(Cl)c(N)c1)CC(C)(C)C. The molecule has 106 valence electrons. The molecule has 0 saturated heterocycles. The normalized spacial score (nSPS) is 13.1. The highest BCUT2D eigenvalue weighted by Crippen LogP contribution is 2.27. The van der Waals surface area contributed by atoms with Crippen molar-refractivity contribution < 1.29 is 4.79 Å². The number of benzene rings is 1. The predicted octanol–water partition coefficient (Wildman–Crippen LogP) is 4.32.